The summed E-state index contributed by atoms with van der Waals surface area (Å²) in [6.07, 6.45) is 5.13. The fourth-order valence-corrected chi connectivity index (χ4v) is 3.78. The van der Waals surface area contributed by atoms with Crippen molar-refractivity contribution in [3.63, 3.8) is 0 Å². The Morgan fingerprint density at radius 3 is 2.52 bits per heavy atom. The van der Waals surface area contributed by atoms with Crippen LogP contribution in [0.4, 0.5) is 0 Å². The third kappa shape index (κ3) is 3.54. The summed E-state index contributed by atoms with van der Waals surface area (Å²) in [5.74, 6) is 0.0386. The Balaban J connectivity index is 1.67. The third-order valence-corrected chi connectivity index (χ3v) is 5.63. The molecule has 1 unspecified atom stereocenters. The van der Waals surface area contributed by atoms with Gasteiger partial charge in [0.25, 0.3) is 0 Å². The van der Waals surface area contributed by atoms with Crippen molar-refractivity contribution < 1.29 is 9.90 Å². The van der Waals surface area contributed by atoms with Crippen LogP contribution in [0.15, 0.2) is 24.3 Å². The lowest BCUT2D eigenvalue weighted by atomic mass is 9.63. The van der Waals surface area contributed by atoms with Crippen LogP contribution in [0.1, 0.15) is 44.1 Å². The zero-order valence-electron chi connectivity index (χ0n) is 13.4. The number of carbonyl (C=O) groups excluding carboxylic acids is 1. The smallest absolute Gasteiger partial charge is 0.230 e. The molecular weight excluding hydrogens is 312 g/mol. The van der Waals surface area contributed by atoms with Gasteiger partial charge in [0, 0.05) is 11.6 Å². The molecule has 23 heavy (non-hydrogen) atoms. The topological polar surface area (TPSA) is 61.4 Å². The molecule has 5 heteroatoms. The third-order valence-electron chi connectivity index (χ3n) is 5.38. The Kier molecular flexibility index (Phi) is 4.95. The summed E-state index contributed by atoms with van der Waals surface area (Å²) < 4.78 is 0. The molecule has 0 aromatic heterocycles. The number of halogens is 1. The van der Waals surface area contributed by atoms with E-state index in [0.717, 1.165) is 50.8 Å². The fourth-order valence-electron chi connectivity index (χ4n) is 3.65. The van der Waals surface area contributed by atoms with Gasteiger partial charge in [-0.15, -0.1) is 0 Å². The van der Waals surface area contributed by atoms with Crippen molar-refractivity contribution in [1.29, 1.82) is 0 Å². The number of benzene rings is 1. The number of rotatable bonds is 4. The van der Waals surface area contributed by atoms with E-state index in [1.807, 2.05) is 24.3 Å². The maximum absolute atomic E-state index is 12.8. The second kappa shape index (κ2) is 6.80. The van der Waals surface area contributed by atoms with Crippen molar-refractivity contribution in [2.75, 3.05) is 19.6 Å². The van der Waals surface area contributed by atoms with Gasteiger partial charge >= 0.3 is 0 Å². The van der Waals surface area contributed by atoms with Crippen LogP contribution >= 0.6 is 11.6 Å². The van der Waals surface area contributed by atoms with E-state index in [0.29, 0.717) is 18.0 Å². The lowest BCUT2D eigenvalue weighted by molar-refractivity contribution is -0.131. The largest absolute Gasteiger partial charge is 0.388 e. The van der Waals surface area contributed by atoms with Crippen LogP contribution in [0.5, 0.6) is 0 Å². The van der Waals surface area contributed by atoms with E-state index in [1.54, 1.807) is 0 Å². The molecule has 1 aromatic rings. The van der Waals surface area contributed by atoms with E-state index in [1.165, 1.54) is 0 Å². The fraction of sp³-hybridized carbons (Fsp3) is 0.611. The summed E-state index contributed by atoms with van der Waals surface area (Å²) in [5, 5.41) is 17.7. The van der Waals surface area contributed by atoms with Gasteiger partial charge < -0.3 is 15.7 Å². The molecule has 4 nitrogen and oxygen atoms in total. The molecule has 1 aliphatic heterocycles. The number of hydrogen-bond acceptors (Lipinski definition) is 3. The molecular formula is C18H25ClN2O2. The van der Waals surface area contributed by atoms with E-state index in [9.17, 15) is 9.90 Å². The molecule has 2 fully saturated rings. The second-order valence-electron chi connectivity index (χ2n) is 6.95. The summed E-state index contributed by atoms with van der Waals surface area (Å²) in [4.78, 5) is 12.8. The normalized spacial score (nSPS) is 26.9. The molecule has 1 atom stereocenters. The number of carbonyl (C=O) groups is 1. The van der Waals surface area contributed by atoms with E-state index < -0.39 is 11.0 Å². The Bertz CT molecular complexity index is 547. The standard InChI is InChI=1S/C18H25ClN2O2/c19-15-5-3-14(4-6-15)18(8-1-9-18)16(22)21-13-17(23)7-2-11-20-12-10-17/h3-6,20,23H,1-2,7-13H2,(H,21,22). The lowest BCUT2D eigenvalue weighted by Gasteiger charge is -2.41. The molecule has 1 aliphatic carbocycles. The molecule has 1 aromatic carbocycles. The Labute approximate surface area is 142 Å². The minimum absolute atomic E-state index is 0.0386. The quantitative estimate of drug-likeness (QED) is 0.791. The van der Waals surface area contributed by atoms with Crippen LogP contribution in [-0.4, -0.2) is 36.2 Å². The molecule has 3 rings (SSSR count). The molecule has 0 bridgehead atoms. The Hall–Kier alpha value is -1.10. The number of aliphatic hydroxyl groups is 1. The second-order valence-corrected chi connectivity index (χ2v) is 7.39. The van der Waals surface area contributed by atoms with Gasteiger partial charge in [-0.3, -0.25) is 4.79 Å². The van der Waals surface area contributed by atoms with Gasteiger partial charge in [0.05, 0.1) is 11.0 Å². The lowest BCUT2D eigenvalue weighted by Crippen LogP contribution is -2.53. The summed E-state index contributed by atoms with van der Waals surface area (Å²) in [6, 6.07) is 7.58. The predicted octanol–water partition coefficient (Wildman–Crippen LogP) is 2.38. The Morgan fingerprint density at radius 1 is 1.13 bits per heavy atom. The highest BCUT2D eigenvalue weighted by atomic mass is 35.5. The van der Waals surface area contributed by atoms with Crippen LogP contribution in [0, 0.1) is 0 Å². The van der Waals surface area contributed by atoms with Crippen LogP contribution in [0.3, 0.4) is 0 Å². The molecule has 0 radical (unpaired) electrons. The molecule has 2 aliphatic rings. The highest BCUT2D eigenvalue weighted by Crippen LogP contribution is 2.44. The molecule has 126 valence electrons. The molecule has 3 N–H and O–H groups in total. The van der Waals surface area contributed by atoms with E-state index >= 15 is 0 Å². The molecule has 1 saturated carbocycles. The maximum atomic E-state index is 12.8. The van der Waals surface area contributed by atoms with E-state index in [4.69, 9.17) is 11.6 Å². The monoisotopic (exact) mass is 336 g/mol. The van der Waals surface area contributed by atoms with Crippen LogP contribution in [0.25, 0.3) is 0 Å². The molecule has 1 amide bonds. The Morgan fingerprint density at radius 2 is 1.87 bits per heavy atom. The first kappa shape index (κ1) is 16.7. The highest BCUT2D eigenvalue weighted by Gasteiger charge is 2.46. The zero-order valence-corrected chi connectivity index (χ0v) is 14.2. The van der Waals surface area contributed by atoms with Crippen molar-refractivity contribution in [2.24, 2.45) is 0 Å². The van der Waals surface area contributed by atoms with E-state index in [2.05, 4.69) is 10.6 Å². The van der Waals surface area contributed by atoms with Crippen molar-refractivity contribution >= 4 is 17.5 Å². The number of amides is 1. The maximum Gasteiger partial charge on any atom is 0.230 e. The van der Waals surface area contributed by atoms with Crippen molar-refractivity contribution in [3.05, 3.63) is 34.9 Å². The summed E-state index contributed by atoms with van der Waals surface area (Å²) in [6.45, 7) is 2.07. The van der Waals surface area contributed by atoms with Gasteiger partial charge in [0.2, 0.25) is 5.91 Å². The predicted molar refractivity (Wildman–Crippen MR) is 91.7 cm³/mol. The summed E-state index contributed by atoms with van der Waals surface area (Å²) in [7, 11) is 0. The minimum Gasteiger partial charge on any atom is -0.388 e. The van der Waals surface area contributed by atoms with Gasteiger partial charge in [-0.1, -0.05) is 30.2 Å². The van der Waals surface area contributed by atoms with Gasteiger partial charge in [0.1, 0.15) is 0 Å². The van der Waals surface area contributed by atoms with Crippen molar-refractivity contribution in [1.82, 2.24) is 10.6 Å². The molecule has 1 saturated heterocycles. The van der Waals surface area contributed by atoms with Gasteiger partial charge in [-0.2, -0.15) is 0 Å². The van der Waals surface area contributed by atoms with Gasteiger partial charge in [0.15, 0.2) is 0 Å². The van der Waals surface area contributed by atoms with Crippen LogP contribution in [-0.2, 0) is 10.2 Å². The molecule has 0 spiro atoms. The minimum atomic E-state index is -0.788. The highest BCUT2D eigenvalue weighted by molar-refractivity contribution is 6.30. The average Bonchev–Trinajstić information content (AvgIpc) is 2.71. The number of nitrogens with one attached hydrogen (secondary N) is 2. The van der Waals surface area contributed by atoms with Crippen molar-refractivity contribution in [3.8, 4) is 0 Å². The van der Waals surface area contributed by atoms with Gasteiger partial charge in [-0.25, -0.2) is 0 Å². The summed E-state index contributed by atoms with van der Waals surface area (Å²) >= 11 is 5.96. The van der Waals surface area contributed by atoms with Crippen molar-refractivity contribution in [2.45, 2.75) is 49.5 Å². The van der Waals surface area contributed by atoms with Crippen LogP contribution in [0.2, 0.25) is 5.02 Å². The number of hydrogen-bond donors (Lipinski definition) is 3. The first-order valence-corrected chi connectivity index (χ1v) is 8.89. The first-order chi connectivity index (χ1) is 11.0. The van der Waals surface area contributed by atoms with Gasteiger partial charge in [-0.05, 0) is 62.9 Å². The average molecular weight is 337 g/mol. The molecule has 1 heterocycles. The van der Waals surface area contributed by atoms with E-state index in [-0.39, 0.29) is 5.91 Å². The summed E-state index contributed by atoms with van der Waals surface area (Å²) in [5.41, 5.74) is -0.200. The SMILES string of the molecule is O=C(NCC1(O)CCCNCC1)C1(c2ccc(Cl)cc2)CCC1. The first-order valence-electron chi connectivity index (χ1n) is 8.52. The zero-order chi connectivity index (χ0) is 16.3. The van der Waals surface area contributed by atoms with Crippen LogP contribution < -0.4 is 10.6 Å².